The van der Waals surface area contributed by atoms with E-state index >= 15 is 0 Å². The molecule has 6 nitrogen and oxygen atoms in total. The lowest BCUT2D eigenvalue weighted by Gasteiger charge is -2.16. The molecule has 0 bridgehead atoms. The van der Waals surface area contributed by atoms with Crippen molar-refractivity contribution in [1.82, 2.24) is 9.78 Å². The van der Waals surface area contributed by atoms with Gasteiger partial charge in [-0.05, 0) is 18.4 Å². The van der Waals surface area contributed by atoms with Crippen LogP contribution in [0, 0.1) is 5.92 Å². The average molecular weight is 252 g/mol. The van der Waals surface area contributed by atoms with E-state index in [1.54, 1.807) is 4.68 Å². The lowest BCUT2D eigenvalue weighted by atomic mass is 9.88. The van der Waals surface area contributed by atoms with Crippen LogP contribution in [0.1, 0.15) is 24.1 Å². The summed E-state index contributed by atoms with van der Waals surface area (Å²) in [5.41, 5.74) is 1.94. The second-order valence-electron chi connectivity index (χ2n) is 4.47. The van der Waals surface area contributed by atoms with Crippen molar-refractivity contribution in [2.24, 2.45) is 5.92 Å². The van der Waals surface area contributed by atoms with Gasteiger partial charge >= 0.3 is 11.9 Å². The molecule has 0 radical (unpaired) electrons. The van der Waals surface area contributed by atoms with Gasteiger partial charge in [-0.1, -0.05) is 0 Å². The number of aromatic nitrogens is 2. The Morgan fingerprint density at radius 3 is 3.06 bits per heavy atom. The Hall–Kier alpha value is -1.85. The highest BCUT2D eigenvalue weighted by Gasteiger charge is 2.26. The number of hydrogen-bond acceptors (Lipinski definition) is 4. The first-order chi connectivity index (χ1) is 8.60. The molecule has 1 unspecified atom stereocenters. The Morgan fingerprint density at radius 1 is 1.61 bits per heavy atom. The van der Waals surface area contributed by atoms with Crippen LogP contribution < -0.4 is 0 Å². The number of esters is 1. The van der Waals surface area contributed by atoms with E-state index in [0.717, 1.165) is 17.7 Å². The number of hydrogen-bond donors (Lipinski definition) is 1. The molecule has 0 saturated heterocycles. The molecule has 18 heavy (non-hydrogen) atoms. The van der Waals surface area contributed by atoms with Crippen LogP contribution >= 0.6 is 0 Å². The average Bonchev–Trinajstić information content (AvgIpc) is 2.77. The van der Waals surface area contributed by atoms with Gasteiger partial charge in [-0.15, -0.1) is 0 Å². The first kappa shape index (κ1) is 12.6. The van der Waals surface area contributed by atoms with E-state index in [-0.39, 0.29) is 18.3 Å². The van der Waals surface area contributed by atoms with Crippen LogP contribution in [-0.4, -0.2) is 33.9 Å². The topological polar surface area (TPSA) is 81.4 Å². The lowest BCUT2D eigenvalue weighted by molar-refractivity contribution is -0.142. The Bertz CT molecular complexity index is 467. The first-order valence-electron chi connectivity index (χ1n) is 5.95. The van der Waals surface area contributed by atoms with Crippen molar-refractivity contribution in [2.75, 3.05) is 7.11 Å². The number of nitrogens with zero attached hydrogens (tertiary/aromatic N) is 2. The second-order valence-corrected chi connectivity index (χ2v) is 4.47. The van der Waals surface area contributed by atoms with Crippen LogP contribution in [-0.2, 0) is 33.7 Å². The van der Waals surface area contributed by atoms with Gasteiger partial charge in [0.15, 0.2) is 0 Å². The molecule has 1 N–H and O–H groups in total. The zero-order valence-corrected chi connectivity index (χ0v) is 10.3. The summed E-state index contributed by atoms with van der Waals surface area (Å²) in [6, 6.07) is 0. The monoisotopic (exact) mass is 252 g/mol. The predicted octanol–water partition coefficient (Wildman–Crippen LogP) is 0.636. The summed E-state index contributed by atoms with van der Waals surface area (Å²) >= 11 is 0. The molecular weight excluding hydrogens is 236 g/mol. The smallest absolute Gasteiger partial charge is 0.307 e. The normalized spacial score (nSPS) is 18.2. The van der Waals surface area contributed by atoms with Gasteiger partial charge in [-0.25, -0.2) is 0 Å². The fourth-order valence-corrected chi connectivity index (χ4v) is 2.18. The predicted molar refractivity (Wildman–Crippen MR) is 62.0 cm³/mol. The molecule has 2 rings (SSSR count). The molecule has 0 aliphatic heterocycles. The van der Waals surface area contributed by atoms with Crippen molar-refractivity contribution < 1.29 is 19.4 Å². The Morgan fingerprint density at radius 2 is 2.39 bits per heavy atom. The summed E-state index contributed by atoms with van der Waals surface area (Å²) in [6.07, 6.45) is 4.06. The summed E-state index contributed by atoms with van der Waals surface area (Å²) in [7, 11) is 1.36. The zero-order valence-electron chi connectivity index (χ0n) is 10.3. The lowest BCUT2D eigenvalue weighted by Crippen LogP contribution is -2.21. The first-order valence-corrected chi connectivity index (χ1v) is 5.95. The Kier molecular flexibility index (Phi) is 3.64. The SMILES string of the molecule is COC(=O)CCn1cc2c(n1)CC(C(=O)O)CC2. The third-order valence-corrected chi connectivity index (χ3v) is 3.25. The number of carboxylic acid groups (broad SMARTS) is 1. The maximum Gasteiger partial charge on any atom is 0.307 e. The molecule has 1 atom stereocenters. The summed E-state index contributed by atoms with van der Waals surface area (Å²) in [6.45, 7) is 0.470. The third kappa shape index (κ3) is 2.69. The molecule has 1 heterocycles. The number of fused-ring (bicyclic) bond motifs is 1. The van der Waals surface area contributed by atoms with Crippen molar-refractivity contribution in [3.05, 3.63) is 17.5 Å². The van der Waals surface area contributed by atoms with Crippen LogP contribution in [0.4, 0.5) is 0 Å². The van der Waals surface area contributed by atoms with E-state index in [9.17, 15) is 9.59 Å². The number of methoxy groups -OCH3 is 1. The van der Waals surface area contributed by atoms with Gasteiger partial charge < -0.3 is 9.84 Å². The molecule has 0 saturated carbocycles. The van der Waals surface area contributed by atoms with Gasteiger partial charge in [0.25, 0.3) is 0 Å². The summed E-state index contributed by atoms with van der Waals surface area (Å²) in [4.78, 5) is 22.0. The Balaban J connectivity index is 2.01. The maximum absolute atomic E-state index is 11.0. The van der Waals surface area contributed by atoms with E-state index < -0.39 is 5.97 Å². The van der Waals surface area contributed by atoms with E-state index in [2.05, 4.69) is 9.84 Å². The van der Waals surface area contributed by atoms with Gasteiger partial charge in [-0.3, -0.25) is 14.3 Å². The maximum atomic E-state index is 11.0. The number of carboxylic acids is 1. The van der Waals surface area contributed by atoms with Crippen molar-refractivity contribution in [2.45, 2.75) is 32.2 Å². The minimum atomic E-state index is -0.759. The fraction of sp³-hybridized carbons (Fsp3) is 0.583. The standard InChI is InChI=1S/C12H16N2O4/c1-18-11(15)4-5-14-7-9-3-2-8(12(16)17)6-10(9)13-14/h7-8H,2-6H2,1H3,(H,16,17). The molecular formula is C12H16N2O4. The van der Waals surface area contributed by atoms with Gasteiger partial charge in [0.05, 0.1) is 31.7 Å². The van der Waals surface area contributed by atoms with Crippen LogP contribution in [0.25, 0.3) is 0 Å². The van der Waals surface area contributed by atoms with E-state index in [0.29, 0.717) is 19.4 Å². The van der Waals surface area contributed by atoms with Crippen molar-refractivity contribution in [3.8, 4) is 0 Å². The number of ether oxygens (including phenoxy) is 1. The molecule has 1 aromatic rings. The highest BCUT2D eigenvalue weighted by atomic mass is 16.5. The zero-order chi connectivity index (χ0) is 13.1. The molecule has 0 fully saturated rings. The molecule has 0 spiro atoms. The van der Waals surface area contributed by atoms with Crippen molar-refractivity contribution in [1.29, 1.82) is 0 Å². The number of carbonyl (C=O) groups excluding carboxylic acids is 1. The van der Waals surface area contributed by atoms with Crippen LogP contribution in [0.2, 0.25) is 0 Å². The number of carbonyl (C=O) groups is 2. The van der Waals surface area contributed by atoms with Gasteiger partial charge in [-0.2, -0.15) is 5.10 Å². The Labute approximate surface area is 105 Å². The largest absolute Gasteiger partial charge is 0.481 e. The molecule has 6 heteroatoms. The number of rotatable bonds is 4. The van der Waals surface area contributed by atoms with Gasteiger partial charge in [0.2, 0.25) is 0 Å². The summed E-state index contributed by atoms with van der Waals surface area (Å²) in [5.74, 6) is -1.36. The molecule has 1 aliphatic rings. The molecule has 0 amide bonds. The highest BCUT2D eigenvalue weighted by molar-refractivity contribution is 5.70. The van der Waals surface area contributed by atoms with E-state index in [1.165, 1.54) is 7.11 Å². The van der Waals surface area contributed by atoms with Crippen molar-refractivity contribution in [3.63, 3.8) is 0 Å². The van der Waals surface area contributed by atoms with E-state index in [1.807, 2.05) is 6.20 Å². The fourth-order valence-electron chi connectivity index (χ4n) is 2.18. The second kappa shape index (κ2) is 5.20. The van der Waals surface area contributed by atoms with E-state index in [4.69, 9.17) is 5.11 Å². The number of aliphatic carboxylic acids is 1. The third-order valence-electron chi connectivity index (χ3n) is 3.25. The van der Waals surface area contributed by atoms with Crippen LogP contribution in [0.5, 0.6) is 0 Å². The summed E-state index contributed by atoms with van der Waals surface area (Å²) in [5, 5.41) is 13.3. The minimum absolute atomic E-state index is 0.271. The van der Waals surface area contributed by atoms with Crippen molar-refractivity contribution >= 4 is 11.9 Å². The summed E-state index contributed by atoms with van der Waals surface area (Å²) < 4.78 is 6.26. The molecule has 0 aromatic carbocycles. The highest BCUT2D eigenvalue weighted by Crippen LogP contribution is 2.24. The van der Waals surface area contributed by atoms with Crippen LogP contribution in [0.15, 0.2) is 6.20 Å². The number of aryl methyl sites for hydroxylation is 2. The molecule has 1 aliphatic carbocycles. The minimum Gasteiger partial charge on any atom is -0.481 e. The molecule has 98 valence electrons. The van der Waals surface area contributed by atoms with Crippen LogP contribution in [0.3, 0.4) is 0 Å². The molecule has 1 aromatic heterocycles. The van der Waals surface area contributed by atoms with Gasteiger partial charge in [0, 0.05) is 12.6 Å². The quantitative estimate of drug-likeness (QED) is 0.795. The van der Waals surface area contributed by atoms with Gasteiger partial charge in [0.1, 0.15) is 0 Å².